The minimum Gasteiger partial charge on any atom is -0.480 e. The molecule has 2 rings (SSSR count). The number of rotatable bonds is 6. The SMILES string of the molecule is CCN(Cc1csc(-c2ccccc2)n1)C(C)(C)C(=O)O. The molecule has 112 valence electrons. The Morgan fingerprint density at radius 1 is 1.33 bits per heavy atom. The van der Waals surface area contributed by atoms with Gasteiger partial charge >= 0.3 is 5.97 Å². The van der Waals surface area contributed by atoms with Gasteiger partial charge in [0.1, 0.15) is 10.5 Å². The number of likely N-dealkylation sites (N-methyl/N-ethyl adjacent to an activating group) is 1. The van der Waals surface area contributed by atoms with Gasteiger partial charge in [0.2, 0.25) is 0 Å². The Labute approximate surface area is 129 Å². The molecule has 0 aliphatic rings. The molecule has 0 spiro atoms. The largest absolute Gasteiger partial charge is 0.480 e. The summed E-state index contributed by atoms with van der Waals surface area (Å²) in [6, 6.07) is 10.0. The van der Waals surface area contributed by atoms with Crippen LogP contribution in [-0.4, -0.2) is 33.0 Å². The topological polar surface area (TPSA) is 53.4 Å². The number of carboxylic acids is 1. The van der Waals surface area contributed by atoms with E-state index in [1.165, 1.54) is 0 Å². The molecule has 2 aromatic rings. The monoisotopic (exact) mass is 304 g/mol. The Balaban J connectivity index is 2.17. The highest BCUT2D eigenvalue weighted by Gasteiger charge is 2.33. The van der Waals surface area contributed by atoms with Crippen LogP contribution in [0.15, 0.2) is 35.7 Å². The van der Waals surface area contributed by atoms with Crippen molar-refractivity contribution in [2.45, 2.75) is 32.9 Å². The minimum absolute atomic E-state index is 0.541. The van der Waals surface area contributed by atoms with Crippen molar-refractivity contribution in [1.82, 2.24) is 9.88 Å². The lowest BCUT2D eigenvalue weighted by molar-refractivity contribution is -0.149. The molecule has 1 N–H and O–H groups in total. The van der Waals surface area contributed by atoms with Crippen LogP contribution >= 0.6 is 11.3 Å². The fourth-order valence-corrected chi connectivity index (χ4v) is 2.95. The highest BCUT2D eigenvalue weighted by atomic mass is 32.1. The summed E-state index contributed by atoms with van der Waals surface area (Å²) in [5, 5.41) is 12.3. The van der Waals surface area contributed by atoms with Gasteiger partial charge < -0.3 is 5.11 Å². The Morgan fingerprint density at radius 3 is 2.57 bits per heavy atom. The quantitative estimate of drug-likeness (QED) is 0.887. The van der Waals surface area contributed by atoms with Gasteiger partial charge in [-0.25, -0.2) is 4.98 Å². The van der Waals surface area contributed by atoms with Crippen LogP contribution in [0.1, 0.15) is 26.5 Å². The van der Waals surface area contributed by atoms with Crippen LogP contribution in [0.3, 0.4) is 0 Å². The molecular weight excluding hydrogens is 284 g/mol. The summed E-state index contributed by atoms with van der Waals surface area (Å²) in [4.78, 5) is 17.9. The molecule has 0 fully saturated rings. The first-order chi connectivity index (χ1) is 9.95. The predicted octanol–water partition coefficient (Wildman–Crippen LogP) is 3.50. The number of carbonyl (C=O) groups is 1. The predicted molar refractivity (Wildman–Crippen MR) is 85.3 cm³/mol. The van der Waals surface area contributed by atoms with Gasteiger partial charge in [0, 0.05) is 17.5 Å². The van der Waals surface area contributed by atoms with Crippen molar-refractivity contribution in [1.29, 1.82) is 0 Å². The van der Waals surface area contributed by atoms with Gasteiger partial charge in [-0.2, -0.15) is 0 Å². The van der Waals surface area contributed by atoms with Crippen LogP contribution < -0.4 is 0 Å². The fourth-order valence-electron chi connectivity index (χ4n) is 2.13. The van der Waals surface area contributed by atoms with Crippen LogP contribution in [0.25, 0.3) is 10.6 Å². The number of benzene rings is 1. The Morgan fingerprint density at radius 2 is 2.00 bits per heavy atom. The van der Waals surface area contributed by atoms with E-state index in [9.17, 15) is 9.90 Å². The lowest BCUT2D eigenvalue weighted by atomic mass is 10.0. The maximum atomic E-state index is 11.4. The zero-order valence-electron chi connectivity index (χ0n) is 12.5. The van der Waals surface area contributed by atoms with Crippen molar-refractivity contribution in [2.75, 3.05) is 6.54 Å². The highest BCUT2D eigenvalue weighted by molar-refractivity contribution is 7.13. The summed E-state index contributed by atoms with van der Waals surface area (Å²) < 4.78 is 0. The average molecular weight is 304 g/mol. The van der Waals surface area contributed by atoms with Gasteiger partial charge in [-0.1, -0.05) is 37.3 Å². The average Bonchev–Trinajstić information content (AvgIpc) is 2.94. The first-order valence-electron chi connectivity index (χ1n) is 6.93. The molecule has 0 radical (unpaired) electrons. The molecule has 0 amide bonds. The number of nitrogens with zero attached hydrogens (tertiary/aromatic N) is 2. The van der Waals surface area contributed by atoms with E-state index in [2.05, 4.69) is 4.98 Å². The lowest BCUT2D eigenvalue weighted by Gasteiger charge is -2.33. The minimum atomic E-state index is -0.898. The Kier molecular flexibility index (Phi) is 4.75. The molecule has 4 nitrogen and oxygen atoms in total. The van der Waals surface area contributed by atoms with E-state index >= 15 is 0 Å². The summed E-state index contributed by atoms with van der Waals surface area (Å²) >= 11 is 1.59. The van der Waals surface area contributed by atoms with Gasteiger partial charge in [0.15, 0.2) is 0 Å². The van der Waals surface area contributed by atoms with E-state index in [4.69, 9.17) is 0 Å². The summed E-state index contributed by atoms with van der Waals surface area (Å²) in [7, 11) is 0. The third-order valence-electron chi connectivity index (χ3n) is 3.62. The second-order valence-corrected chi connectivity index (χ2v) is 6.25. The summed E-state index contributed by atoms with van der Waals surface area (Å²) in [5.74, 6) is -0.817. The number of hydrogen-bond acceptors (Lipinski definition) is 4. The van der Waals surface area contributed by atoms with Crippen molar-refractivity contribution in [2.24, 2.45) is 0 Å². The van der Waals surface area contributed by atoms with E-state index < -0.39 is 11.5 Å². The summed E-state index contributed by atoms with van der Waals surface area (Å²) in [6.07, 6.45) is 0. The molecule has 0 saturated carbocycles. The summed E-state index contributed by atoms with van der Waals surface area (Å²) in [5.41, 5.74) is 1.11. The van der Waals surface area contributed by atoms with Crippen molar-refractivity contribution < 1.29 is 9.90 Å². The first kappa shape index (κ1) is 15.7. The van der Waals surface area contributed by atoms with Gasteiger partial charge in [0.25, 0.3) is 0 Å². The number of carboxylic acid groups (broad SMARTS) is 1. The highest BCUT2D eigenvalue weighted by Crippen LogP contribution is 2.25. The van der Waals surface area contributed by atoms with Gasteiger partial charge in [-0.15, -0.1) is 11.3 Å². The number of aliphatic carboxylic acids is 1. The number of thiazole rings is 1. The third kappa shape index (κ3) is 3.49. The van der Waals surface area contributed by atoms with Crippen LogP contribution in [-0.2, 0) is 11.3 Å². The van der Waals surface area contributed by atoms with Gasteiger partial charge in [-0.05, 0) is 20.4 Å². The molecule has 21 heavy (non-hydrogen) atoms. The van der Waals surface area contributed by atoms with E-state index in [0.717, 1.165) is 16.3 Å². The van der Waals surface area contributed by atoms with Crippen molar-refractivity contribution in [3.8, 4) is 10.6 Å². The molecule has 1 aromatic carbocycles. The second kappa shape index (κ2) is 6.37. The fraction of sp³-hybridized carbons (Fsp3) is 0.375. The molecule has 0 bridgehead atoms. The van der Waals surface area contributed by atoms with Gasteiger partial charge in [0.05, 0.1) is 5.69 Å². The molecule has 0 aliphatic carbocycles. The third-order valence-corrected chi connectivity index (χ3v) is 4.56. The molecule has 0 saturated heterocycles. The molecular formula is C16H20N2O2S. The van der Waals surface area contributed by atoms with E-state index in [1.807, 2.05) is 47.5 Å². The maximum Gasteiger partial charge on any atom is 0.323 e. The Bertz CT molecular complexity index is 608. The number of hydrogen-bond donors (Lipinski definition) is 1. The molecule has 5 heteroatoms. The Hall–Kier alpha value is -1.72. The van der Waals surface area contributed by atoms with Crippen LogP contribution in [0, 0.1) is 0 Å². The molecule has 0 aliphatic heterocycles. The maximum absolute atomic E-state index is 11.4. The molecule has 1 aromatic heterocycles. The molecule has 1 heterocycles. The standard InChI is InChI=1S/C16H20N2O2S/c1-4-18(16(2,3)15(19)20)10-13-11-21-14(17-13)12-8-6-5-7-9-12/h5-9,11H,4,10H2,1-3H3,(H,19,20). The van der Waals surface area contributed by atoms with Crippen molar-refractivity contribution in [3.63, 3.8) is 0 Å². The van der Waals surface area contributed by atoms with Crippen LogP contribution in [0.5, 0.6) is 0 Å². The van der Waals surface area contributed by atoms with E-state index in [-0.39, 0.29) is 0 Å². The molecule has 0 unspecified atom stereocenters. The second-order valence-electron chi connectivity index (χ2n) is 5.39. The smallest absolute Gasteiger partial charge is 0.323 e. The summed E-state index contributed by atoms with van der Waals surface area (Å²) in [6.45, 7) is 6.62. The first-order valence-corrected chi connectivity index (χ1v) is 7.81. The zero-order chi connectivity index (χ0) is 15.5. The van der Waals surface area contributed by atoms with Gasteiger partial charge in [-0.3, -0.25) is 9.69 Å². The van der Waals surface area contributed by atoms with Crippen LogP contribution in [0.4, 0.5) is 0 Å². The van der Waals surface area contributed by atoms with Crippen molar-refractivity contribution >= 4 is 17.3 Å². The van der Waals surface area contributed by atoms with Crippen molar-refractivity contribution in [3.05, 3.63) is 41.4 Å². The molecule has 0 atom stereocenters. The van der Waals surface area contributed by atoms with E-state index in [0.29, 0.717) is 13.1 Å². The van der Waals surface area contributed by atoms with Crippen LogP contribution in [0.2, 0.25) is 0 Å². The number of aromatic nitrogens is 1. The lowest BCUT2D eigenvalue weighted by Crippen LogP contribution is -2.49. The normalized spacial score (nSPS) is 11.8. The van der Waals surface area contributed by atoms with E-state index in [1.54, 1.807) is 25.2 Å². The zero-order valence-corrected chi connectivity index (χ0v) is 13.4.